The Balaban J connectivity index is 1.53. The van der Waals surface area contributed by atoms with Crippen LogP contribution in [0.25, 0.3) is 11.0 Å². The molecule has 0 radical (unpaired) electrons. The summed E-state index contributed by atoms with van der Waals surface area (Å²) in [7, 11) is 0. The number of nitrogens with zero attached hydrogens (tertiary/aromatic N) is 4. The summed E-state index contributed by atoms with van der Waals surface area (Å²) in [5.74, 6) is 0.176. The number of aryl methyl sites for hydroxylation is 1. The van der Waals surface area contributed by atoms with Gasteiger partial charge in [0.1, 0.15) is 11.3 Å². The summed E-state index contributed by atoms with van der Waals surface area (Å²) in [6.07, 6.45) is 0. The molecule has 2 aromatic carbocycles. The number of hydrogen-bond acceptors (Lipinski definition) is 5. The maximum absolute atomic E-state index is 11.9. The third kappa shape index (κ3) is 4.37. The van der Waals surface area contributed by atoms with Crippen molar-refractivity contribution in [3.63, 3.8) is 0 Å². The zero-order valence-corrected chi connectivity index (χ0v) is 15.2. The van der Waals surface area contributed by atoms with Crippen LogP contribution in [0.5, 0.6) is 5.75 Å². The van der Waals surface area contributed by atoms with Gasteiger partial charge in [-0.3, -0.25) is 4.79 Å². The molecule has 1 aromatic heterocycles. The molecule has 0 aliphatic rings. The Labute approximate surface area is 155 Å². The number of carbonyl (C=O) groups excluding carboxylic acids is 1. The number of halogens is 1. The quantitative estimate of drug-likeness (QED) is 0.533. The van der Waals surface area contributed by atoms with Crippen LogP contribution in [0.2, 0.25) is 5.02 Å². The Morgan fingerprint density at radius 2 is 2.12 bits per heavy atom. The van der Waals surface area contributed by atoms with Crippen molar-refractivity contribution in [3.8, 4) is 5.75 Å². The third-order valence-electron chi connectivity index (χ3n) is 3.68. The van der Waals surface area contributed by atoms with Gasteiger partial charge in [0.2, 0.25) is 0 Å². The number of aromatic nitrogens is 3. The Bertz CT molecular complexity index is 967. The van der Waals surface area contributed by atoms with Gasteiger partial charge in [-0.15, -0.1) is 5.10 Å². The van der Waals surface area contributed by atoms with E-state index in [0.29, 0.717) is 23.0 Å². The van der Waals surface area contributed by atoms with E-state index in [4.69, 9.17) is 16.3 Å². The fourth-order valence-electron chi connectivity index (χ4n) is 2.29. The van der Waals surface area contributed by atoms with E-state index < -0.39 is 0 Å². The monoisotopic (exact) mass is 371 g/mol. The van der Waals surface area contributed by atoms with Crippen LogP contribution in [-0.2, 0) is 11.3 Å². The molecule has 0 spiro atoms. The van der Waals surface area contributed by atoms with Crippen molar-refractivity contribution in [2.45, 2.75) is 20.4 Å². The van der Waals surface area contributed by atoms with Crippen LogP contribution >= 0.6 is 11.6 Å². The molecule has 3 aromatic rings. The van der Waals surface area contributed by atoms with E-state index >= 15 is 0 Å². The maximum Gasteiger partial charge on any atom is 0.277 e. The van der Waals surface area contributed by atoms with Crippen molar-refractivity contribution in [2.24, 2.45) is 5.10 Å². The van der Waals surface area contributed by atoms with Gasteiger partial charge in [-0.25, -0.2) is 10.1 Å². The smallest absolute Gasteiger partial charge is 0.277 e. The highest BCUT2D eigenvalue weighted by atomic mass is 35.5. The predicted octanol–water partition coefficient (Wildman–Crippen LogP) is 2.96. The molecule has 3 rings (SSSR count). The summed E-state index contributed by atoms with van der Waals surface area (Å²) >= 11 is 6.03. The highest BCUT2D eigenvalue weighted by Gasteiger charge is 2.06. The number of carbonyl (C=O) groups is 1. The average molecular weight is 372 g/mol. The highest BCUT2D eigenvalue weighted by Crippen LogP contribution is 2.21. The van der Waals surface area contributed by atoms with Crippen molar-refractivity contribution < 1.29 is 9.53 Å². The van der Waals surface area contributed by atoms with Crippen LogP contribution in [0.3, 0.4) is 0 Å². The number of fused-ring (bicyclic) bond motifs is 1. The molecule has 0 bridgehead atoms. The van der Waals surface area contributed by atoms with Crippen molar-refractivity contribution in [3.05, 3.63) is 53.1 Å². The van der Waals surface area contributed by atoms with E-state index in [1.165, 1.54) is 0 Å². The predicted molar refractivity (Wildman–Crippen MR) is 100 cm³/mol. The molecule has 8 heteroatoms. The van der Waals surface area contributed by atoms with Crippen molar-refractivity contribution in [2.75, 3.05) is 6.61 Å². The molecule has 1 amide bonds. The first-order valence-corrected chi connectivity index (χ1v) is 8.40. The van der Waals surface area contributed by atoms with Crippen LogP contribution in [0, 0.1) is 6.92 Å². The van der Waals surface area contributed by atoms with E-state index in [1.807, 2.05) is 37.3 Å². The topological polar surface area (TPSA) is 81.4 Å². The number of hydrogen-bond donors (Lipinski definition) is 1. The standard InChI is InChI=1S/C18H18ClN5O2/c1-12-7-8-14(9-15(12)19)26-11-18(25)22-20-13(2)10-24-17-6-4-3-5-16(17)21-23-24/h3-9H,10-11H2,1-2H3,(H,22,25)/b20-13+. The number of amides is 1. The summed E-state index contributed by atoms with van der Waals surface area (Å²) in [4.78, 5) is 11.9. The number of hydrazone groups is 1. The number of para-hydroxylation sites is 1. The molecule has 0 saturated heterocycles. The van der Waals surface area contributed by atoms with E-state index in [1.54, 1.807) is 23.7 Å². The summed E-state index contributed by atoms with van der Waals surface area (Å²) in [5.41, 5.74) is 5.83. The lowest BCUT2D eigenvalue weighted by atomic mass is 10.2. The molecule has 1 N–H and O–H groups in total. The Hall–Kier alpha value is -2.93. The third-order valence-corrected chi connectivity index (χ3v) is 4.09. The first kappa shape index (κ1) is 17.9. The van der Waals surface area contributed by atoms with E-state index in [0.717, 1.165) is 16.6 Å². The Morgan fingerprint density at radius 1 is 1.31 bits per heavy atom. The van der Waals surface area contributed by atoms with Gasteiger partial charge in [0, 0.05) is 5.02 Å². The number of nitrogens with one attached hydrogen (secondary N) is 1. The molecule has 1 heterocycles. The second-order valence-electron chi connectivity index (χ2n) is 5.82. The molecule has 0 atom stereocenters. The van der Waals surface area contributed by atoms with Crippen LogP contribution in [0.4, 0.5) is 0 Å². The van der Waals surface area contributed by atoms with Crippen LogP contribution < -0.4 is 10.2 Å². The number of benzene rings is 2. The maximum atomic E-state index is 11.9. The summed E-state index contributed by atoms with van der Waals surface area (Å²) < 4.78 is 7.13. The van der Waals surface area contributed by atoms with Crippen LogP contribution in [-0.4, -0.2) is 33.2 Å². The molecule has 0 aliphatic heterocycles. The zero-order valence-electron chi connectivity index (χ0n) is 14.4. The van der Waals surface area contributed by atoms with Gasteiger partial charge in [0.05, 0.1) is 17.8 Å². The van der Waals surface area contributed by atoms with E-state index in [2.05, 4.69) is 20.8 Å². The molecule has 0 aliphatic carbocycles. The lowest BCUT2D eigenvalue weighted by Gasteiger charge is -2.07. The van der Waals surface area contributed by atoms with E-state index in [-0.39, 0.29) is 12.5 Å². The minimum absolute atomic E-state index is 0.150. The largest absolute Gasteiger partial charge is 0.484 e. The normalized spacial score (nSPS) is 11.6. The van der Waals surface area contributed by atoms with Gasteiger partial charge in [-0.2, -0.15) is 5.10 Å². The molecule has 0 unspecified atom stereocenters. The molecule has 0 saturated carbocycles. The fourth-order valence-corrected chi connectivity index (χ4v) is 2.46. The van der Waals surface area contributed by atoms with E-state index in [9.17, 15) is 4.79 Å². The molecular formula is C18H18ClN5O2. The van der Waals surface area contributed by atoms with Crippen molar-refractivity contribution >= 4 is 34.3 Å². The number of rotatable bonds is 6. The fraction of sp³-hybridized carbons (Fsp3) is 0.222. The van der Waals surface area contributed by atoms with Crippen LogP contribution in [0.15, 0.2) is 47.6 Å². The summed E-state index contributed by atoms with van der Waals surface area (Å²) in [6.45, 7) is 3.98. The Morgan fingerprint density at radius 3 is 2.92 bits per heavy atom. The first-order chi connectivity index (χ1) is 12.5. The second-order valence-corrected chi connectivity index (χ2v) is 6.22. The second kappa shape index (κ2) is 7.97. The number of ether oxygens (including phenoxy) is 1. The molecule has 134 valence electrons. The lowest BCUT2D eigenvalue weighted by molar-refractivity contribution is -0.123. The minimum atomic E-state index is -0.357. The van der Waals surface area contributed by atoms with Gasteiger partial charge in [0.15, 0.2) is 6.61 Å². The molecule has 26 heavy (non-hydrogen) atoms. The SMILES string of the molecule is C/C(Cn1nnc2ccccc21)=N\NC(=O)COc1ccc(C)c(Cl)c1. The van der Waals surface area contributed by atoms with Gasteiger partial charge in [-0.05, 0) is 43.7 Å². The van der Waals surface area contributed by atoms with Gasteiger partial charge < -0.3 is 4.74 Å². The molecule has 0 fully saturated rings. The summed E-state index contributed by atoms with van der Waals surface area (Å²) in [5, 5.41) is 12.8. The zero-order chi connectivity index (χ0) is 18.5. The van der Waals surface area contributed by atoms with Crippen molar-refractivity contribution in [1.82, 2.24) is 20.4 Å². The van der Waals surface area contributed by atoms with Gasteiger partial charge >= 0.3 is 0 Å². The Kier molecular flexibility index (Phi) is 5.48. The first-order valence-electron chi connectivity index (χ1n) is 8.02. The molecular weight excluding hydrogens is 354 g/mol. The van der Waals surface area contributed by atoms with Gasteiger partial charge in [-0.1, -0.05) is 35.0 Å². The summed E-state index contributed by atoms with van der Waals surface area (Å²) in [6, 6.07) is 12.9. The highest BCUT2D eigenvalue weighted by molar-refractivity contribution is 6.31. The van der Waals surface area contributed by atoms with Crippen molar-refractivity contribution in [1.29, 1.82) is 0 Å². The lowest BCUT2D eigenvalue weighted by Crippen LogP contribution is -2.26. The van der Waals surface area contributed by atoms with Gasteiger partial charge in [0.25, 0.3) is 5.91 Å². The average Bonchev–Trinajstić information content (AvgIpc) is 3.04. The van der Waals surface area contributed by atoms with Crippen LogP contribution in [0.1, 0.15) is 12.5 Å². The molecule has 7 nitrogen and oxygen atoms in total. The minimum Gasteiger partial charge on any atom is -0.484 e.